The van der Waals surface area contributed by atoms with Gasteiger partial charge in [0.25, 0.3) is 5.91 Å². The van der Waals surface area contributed by atoms with Crippen LogP contribution in [-0.4, -0.2) is 25.5 Å². The van der Waals surface area contributed by atoms with Crippen molar-refractivity contribution in [1.29, 1.82) is 5.26 Å². The predicted octanol–water partition coefficient (Wildman–Crippen LogP) is 1.12. The van der Waals surface area contributed by atoms with E-state index in [0.29, 0.717) is 12.1 Å². The smallest absolute Gasteiger partial charge is 0.280 e. The number of nitrogens with one attached hydrogen (secondary N) is 2. The van der Waals surface area contributed by atoms with E-state index in [2.05, 4.69) is 11.4 Å². The number of rotatable bonds is 3. The highest BCUT2D eigenvalue weighted by Gasteiger charge is 2.24. The number of quaternary nitrogens is 1. The summed E-state index contributed by atoms with van der Waals surface area (Å²) in [6.45, 7) is 2.73. The third kappa shape index (κ3) is 2.72. The van der Waals surface area contributed by atoms with Crippen LogP contribution in [0.1, 0.15) is 41.7 Å². The minimum absolute atomic E-state index is 0.0540. The van der Waals surface area contributed by atoms with Crippen LogP contribution in [0.2, 0.25) is 0 Å². The summed E-state index contributed by atoms with van der Waals surface area (Å²) in [6.07, 6.45) is 6.92. The Hall–Kier alpha value is -1.38. The van der Waals surface area contributed by atoms with E-state index in [-0.39, 0.29) is 5.91 Å². The number of nitriles is 1. The van der Waals surface area contributed by atoms with Gasteiger partial charge in [0, 0.05) is 4.88 Å². The molecule has 106 valence electrons. The fourth-order valence-electron chi connectivity index (χ4n) is 3.24. The molecule has 1 amide bonds. The van der Waals surface area contributed by atoms with Gasteiger partial charge >= 0.3 is 0 Å². The molecule has 1 fully saturated rings. The van der Waals surface area contributed by atoms with Crippen molar-refractivity contribution >= 4 is 22.2 Å². The van der Waals surface area contributed by atoms with Gasteiger partial charge < -0.3 is 10.2 Å². The molecule has 0 atom stereocenters. The van der Waals surface area contributed by atoms with E-state index in [0.717, 1.165) is 37.4 Å². The van der Waals surface area contributed by atoms with Gasteiger partial charge in [0.05, 0.1) is 18.7 Å². The van der Waals surface area contributed by atoms with Crippen molar-refractivity contribution in [1.82, 2.24) is 0 Å². The van der Waals surface area contributed by atoms with Gasteiger partial charge in [0.1, 0.15) is 11.1 Å². The molecule has 0 saturated carbocycles. The fourth-order valence-corrected chi connectivity index (χ4v) is 4.49. The van der Waals surface area contributed by atoms with E-state index in [1.165, 1.54) is 34.6 Å². The molecule has 0 unspecified atom stereocenters. The minimum atomic E-state index is 0.0540. The standard InChI is InChI=1S/C15H19N3OS/c16-9-12-11-5-4-6-13(11)20-15(12)17-14(19)10-18-7-2-1-3-8-18/h1-8,10H2,(H,17,19)/p+1. The molecule has 4 nitrogen and oxygen atoms in total. The van der Waals surface area contributed by atoms with Crippen LogP contribution < -0.4 is 10.2 Å². The molecule has 3 rings (SSSR count). The number of aryl methyl sites for hydroxylation is 1. The monoisotopic (exact) mass is 290 g/mol. The number of amides is 1. The second kappa shape index (κ2) is 5.94. The van der Waals surface area contributed by atoms with Crippen molar-refractivity contribution in [2.75, 3.05) is 25.0 Å². The summed E-state index contributed by atoms with van der Waals surface area (Å²) in [5.41, 5.74) is 1.89. The summed E-state index contributed by atoms with van der Waals surface area (Å²) >= 11 is 1.60. The molecule has 1 aromatic heterocycles. The predicted molar refractivity (Wildman–Crippen MR) is 79.1 cm³/mol. The summed E-state index contributed by atoms with van der Waals surface area (Å²) in [7, 11) is 0. The van der Waals surface area contributed by atoms with Gasteiger partial charge in [-0.15, -0.1) is 11.3 Å². The van der Waals surface area contributed by atoms with Gasteiger partial charge in [0.2, 0.25) is 0 Å². The van der Waals surface area contributed by atoms with E-state index in [9.17, 15) is 10.1 Å². The van der Waals surface area contributed by atoms with Crippen molar-refractivity contribution < 1.29 is 9.69 Å². The van der Waals surface area contributed by atoms with Crippen LogP contribution in [0.4, 0.5) is 5.00 Å². The maximum Gasteiger partial charge on any atom is 0.280 e. The lowest BCUT2D eigenvalue weighted by atomic mass is 10.1. The molecule has 20 heavy (non-hydrogen) atoms. The second-order valence-electron chi connectivity index (χ2n) is 5.71. The van der Waals surface area contributed by atoms with E-state index < -0.39 is 0 Å². The molecule has 0 aromatic carbocycles. The average molecular weight is 290 g/mol. The summed E-state index contributed by atoms with van der Waals surface area (Å²) in [6, 6.07) is 2.27. The normalized spacial score (nSPS) is 18.6. The highest BCUT2D eigenvalue weighted by atomic mass is 32.1. The zero-order valence-electron chi connectivity index (χ0n) is 11.6. The molecule has 1 aliphatic carbocycles. The third-order valence-electron chi connectivity index (χ3n) is 4.26. The van der Waals surface area contributed by atoms with Crippen LogP contribution >= 0.6 is 11.3 Å². The topological polar surface area (TPSA) is 57.3 Å². The Morgan fingerprint density at radius 3 is 2.80 bits per heavy atom. The largest absolute Gasteiger partial charge is 0.327 e. The number of hydrogen-bond donors (Lipinski definition) is 2. The number of carbonyl (C=O) groups is 1. The Morgan fingerprint density at radius 1 is 1.25 bits per heavy atom. The number of carbonyl (C=O) groups excluding carboxylic acids is 1. The fraction of sp³-hybridized carbons (Fsp3) is 0.600. The van der Waals surface area contributed by atoms with Gasteiger partial charge in [-0.05, 0) is 44.1 Å². The molecule has 0 bridgehead atoms. The van der Waals surface area contributed by atoms with Gasteiger partial charge in [-0.2, -0.15) is 5.26 Å². The van der Waals surface area contributed by atoms with E-state index in [1.54, 1.807) is 11.3 Å². The lowest BCUT2D eigenvalue weighted by molar-refractivity contribution is -0.896. The first-order chi connectivity index (χ1) is 9.78. The molecule has 5 heteroatoms. The third-order valence-corrected chi connectivity index (χ3v) is 5.46. The summed E-state index contributed by atoms with van der Waals surface area (Å²) in [5, 5.41) is 13.1. The Balaban J connectivity index is 1.65. The van der Waals surface area contributed by atoms with E-state index in [1.807, 2.05) is 0 Å². The molecule has 1 aromatic rings. The molecule has 0 radical (unpaired) electrons. The van der Waals surface area contributed by atoms with Gasteiger partial charge in [-0.1, -0.05) is 0 Å². The minimum Gasteiger partial charge on any atom is -0.327 e. The number of hydrogen-bond acceptors (Lipinski definition) is 3. The molecule has 0 spiro atoms. The number of thiophene rings is 1. The molecule has 2 aliphatic rings. The lowest BCUT2D eigenvalue weighted by Gasteiger charge is -2.22. The van der Waals surface area contributed by atoms with Crippen LogP contribution in [-0.2, 0) is 17.6 Å². The first kappa shape index (κ1) is 13.6. The number of nitrogens with zero attached hydrogens (tertiary/aromatic N) is 1. The van der Waals surface area contributed by atoms with Crippen molar-refractivity contribution in [2.24, 2.45) is 0 Å². The van der Waals surface area contributed by atoms with Crippen LogP contribution in [0.15, 0.2) is 0 Å². The van der Waals surface area contributed by atoms with Gasteiger partial charge in [-0.3, -0.25) is 4.79 Å². The van der Waals surface area contributed by atoms with Crippen molar-refractivity contribution in [3.63, 3.8) is 0 Å². The molecule has 2 N–H and O–H groups in total. The molecule has 2 heterocycles. The Kier molecular flexibility index (Phi) is 4.04. The van der Waals surface area contributed by atoms with Crippen LogP contribution in [0.25, 0.3) is 0 Å². The SMILES string of the molecule is N#Cc1c(NC(=O)C[NH+]2CCCCC2)sc2c1CCC2. The Bertz CT molecular complexity index is 552. The summed E-state index contributed by atoms with van der Waals surface area (Å²) < 4.78 is 0. The maximum absolute atomic E-state index is 12.1. The molecule has 1 saturated heterocycles. The van der Waals surface area contributed by atoms with Crippen molar-refractivity contribution in [2.45, 2.75) is 38.5 Å². The van der Waals surface area contributed by atoms with Crippen LogP contribution in [0, 0.1) is 11.3 Å². The first-order valence-corrected chi connectivity index (χ1v) is 8.27. The Morgan fingerprint density at radius 2 is 2.05 bits per heavy atom. The number of likely N-dealkylation sites (tertiary alicyclic amines) is 1. The Labute approximate surface area is 123 Å². The van der Waals surface area contributed by atoms with Crippen molar-refractivity contribution in [3.8, 4) is 6.07 Å². The molecule has 1 aliphatic heterocycles. The summed E-state index contributed by atoms with van der Waals surface area (Å²) in [5.74, 6) is 0.0540. The zero-order chi connectivity index (χ0) is 13.9. The van der Waals surface area contributed by atoms with Gasteiger partial charge in [0.15, 0.2) is 6.54 Å². The van der Waals surface area contributed by atoms with Crippen LogP contribution in [0.5, 0.6) is 0 Å². The quantitative estimate of drug-likeness (QED) is 0.876. The number of fused-ring (bicyclic) bond motifs is 1. The summed E-state index contributed by atoms with van der Waals surface area (Å²) in [4.78, 5) is 14.8. The highest BCUT2D eigenvalue weighted by molar-refractivity contribution is 7.16. The number of anilines is 1. The number of piperidine rings is 1. The molecular weight excluding hydrogens is 270 g/mol. The lowest BCUT2D eigenvalue weighted by Crippen LogP contribution is -3.13. The average Bonchev–Trinajstić information content (AvgIpc) is 3.00. The second-order valence-corrected chi connectivity index (χ2v) is 6.81. The maximum atomic E-state index is 12.1. The highest BCUT2D eigenvalue weighted by Crippen LogP contribution is 2.38. The first-order valence-electron chi connectivity index (χ1n) is 7.46. The zero-order valence-corrected chi connectivity index (χ0v) is 12.4. The van der Waals surface area contributed by atoms with Gasteiger partial charge in [-0.25, -0.2) is 0 Å². The van der Waals surface area contributed by atoms with Crippen molar-refractivity contribution in [3.05, 3.63) is 16.0 Å². The van der Waals surface area contributed by atoms with Crippen LogP contribution in [0.3, 0.4) is 0 Å². The van der Waals surface area contributed by atoms with E-state index in [4.69, 9.17) is 0 Å². The van der Waals surface area contributed by atoms with E-state index >= 15 is 0 Å². The molecular formula is C15H20N3OS+.